The van der Waals surface area contributed by atoms with Crippen LogP contribution in [0.5, 0.6) is 0 Å². The van der Waals surface area contributed by atoms with E-state index in [0.717, 1.165) is 10.9 Å². The molecule has 0 radical (unpaired) electrons. The minimum atomic E-state index is -0.320. The van der Waals surface area contributed by atoms with E-state index in [9.17, 15) is 9.59 Å². The van der Waals surface area contributed by atoms with Gasteiger partial charge in [0.25, 0.3) is 5.91 Å². The third-order valence-corrected chi connectivity index (χ3v) is 5.04. The summed E-state index contributed by atoms with van der Waals surface area (Å²) in [6, 6.07) is 7.57. The second-order valence-electron chi connectivity index (χ2n) is 6.61. The standard InChI is InChI=1S/C19H26N4O3/c1-20-18(24)17-13-23(9-8-21(17)2)19(25)15-12-22(10-11-26-3)16-7-5-4-6-14(15)16/h4-7,12,17H,8-11,13H2,1-3H3,(H,20,24)/t17-/m1/s1. The lowest BCUT2D eigenvalue weighted by Crippen LogP contribution is -2.58. The number of methoxy groups -OCH3 is 1. The number of amides is 2. The Balaban J connectivity index is 1.89. The molecule has 0 unspecified atom stereocenters. The van der Waals surface area contributed by atoms with Gasteiger partial charge in [0.15, 0.2) is 0 Å². The van der Waals surface area contributed by atoms with Crippen molar-refractivity contribution in [1.29, 1.82) is 0 Å². The Hall–Kier alpha value is -2.38. The maximum atomic E-state index is 13.2. The van der Waals surface area contributed by atoms with Crippen molar-refractivity contribution in [3.8, 4) is 0 Å². The van der Waals surface area contributed by atoms with Gasteiger partial charge in [-0.15, -0.1) is 0 Å². The van der Waals surface area contributed by atoms with Gasteiger partial charge >= 0.3 is 0 Å². The van der Waals surface area contributed by atoms with E-state index < -0.39 is 0 Å². The first kappa shape index (κ1) is 18.4. The molecular formula is C19H26N4O3. The molecule has 140 valence electrons. The summed E-state index contributed by atoms with van der Waals surface area (Å²) in [5.41, 5.74) is 1.70. The Morgan fingerprint density at radius 3 is 2.77 bits per heavy atom. The summed E-state index contributed by atoms with van der Waals surface area (Å²) in [7, 11) is 5.21. The van der Waals surface area contributed by atoms with E-state index in [0.29, 0.717) is 38.3 Å². The first-order valence-electron chi connectivity index (χ1n) is 8.84. The number of rotatable bonds is 5. The molecule has 7 heteroatoms. The Labute approximate surface area is 153 Å². The first-order chi connectivity index (χ1) is 12.6. The van der Waals surface area contributed by atoms with E-state index in [1.807, 2.05) is 42.4 Å². The molecule has 1 aromatic carbocycles. The van der Waals surface area contributed by atoms with Crippen molar-refractivity contribution in [2.45, 2.75) is 12.6 Å². The van der Waals surface area contributed by atoms with Crippen LogP contribution in [-0.2, 0) is 16.1 Å². The average molecular weight is 358 g/mol. The van der Waals surface area contributed by atoms with Crippen LogP contribution in [0.4, 0.5) is 0 Å². The zero-order chi connectivity index (χ0) is 18.7. The quantitative estimate of drug-likeness (QED) is 0.858. The number of benzene rings is 1. The Morgan fingerprint density at radius 1 is 1.27 bits per heavy atom. The molecule has 26 heavy (non-hydrogen) atoms. The molecule has 1 fully saturated rings. The number of para-hydroxylation sites is 1. The van der Waals surface area contributed by atoms with Crippen LogP contribution in [0.2, 0.25) is 0 Å². The molecule has 1 N–H and O–H groups in total. The number of piperazine rings is 1. The number of ether oxygens (including phenoxy) is 1. The summed E-state index contributed by atoms with van der Waals surface area (Å²) in [5, 5.41) is 3.62. The maximum absolute atomic E-state index is 13.2. The van der Waals surface area contributed by atoms with Crippen LogP contribution in [0.15, 0.2) is 30.5 Å². The van der Waals surface area contributed by atoms with E-state index >= 15 is 0 Å². The Bertz CT molecular complexity index is 801. The van der Waals surface area contributed by atoms with Crippen molar-refractivity contribution < 1.29 is 14.3 Å². The van der Waals surface area contributed by atoms with Gasteiger partial charge in [-0.1, -0.05) is 18.2 Å². The average Bonchev–Trinajstić information content (AvgIpc) is 3.04. The molecule has 0 bridgehead atoms. The van der Waals surface area contributed by atoms with Crippen molar-refractivity contribution in [2.24, 2.45) is 0 Å². The highest BCUT2D eigenvalue weighted by atomic mass is 16.5. The number of likely N-dealkylation sites (N-methyl/N-ethyl adjacent to an activating group) is 2. The normalized spacial score (nSPS) is 18.3. The van der Waals surface area contributed by atoms with Crippen LogP contribution in [-0.4, -0.2) is 79.7 Å². The number of aromatic nitrogens is 1. The third-order valence-electron chi connectivity index (χ3n) is 5.04. The maximum Gasteiger partial charge on any atom is 0.256 e. The first-order valence-corrected chi connectivity index (χ1v) is 8.84. The Kier molecular flexibility index (Phi) is 5.58. The van der Waals surface area contributed by atoms with Crippen molar-refractivity contribution >= 4 is 22.7 Å². The fourth-order valence-electron chi connectivity index (χ4n) is 3.47. The molecule has 7 nitrogen and oxygen atoms in total. The molecule has 1 aliphatic heterocycles. The molecule has 0 aliphatic carbocycles. The molecule has 1 saturated heterocycles. The van der Waals surface area contributed by atoms with Crippen LogP contribution in [0.25, 0.3) is 10.9 Å². The summed E-state index contributed by atoms with van der Waals surface area (Å²) in [4.78, 5) is 29.1. The fourth-order valence-corrected chi connectivity index (χ4v) is 3.47. The minimum absolute atomic E-state index is 0.0284. The van der Waals surface area contributed by atoms with E-state index in [1.165, 1.54) is 0 Å². The predicted molar refractivity (Wildman–Crippen MR) is 100 cm³/mol. The highest BCUT2D eigenvalue weighted by Gasteiger charge is 2.32. The fraction of sp³-hybridized carbons (Fsp3) is 0.474. The van der Waals surface area contributed by atoms with Crippen LogP contribution >= 0.6 is 0 Å². The zero-order valence-corrected chi connectivity index (χ0v) is 15.6. The van der Waals surface area contributed by atoms with Gasteiger partial charge in [-0.2, -0.15) is 0 Å². The van der Waals surface area contributed by atoms with Gasteiger partial charge in [-0.05, 0) is 13.1 Å². The van der Waals surface area contributed by atoms with Gasteiger partial charge in [0, 0.05) is 57.4 Å². The lowest BCUT2D eigenvalue weighted by Gasteiger charge is -2.38. The molecule has 1 aliphatic rings. The molecule has 2 heterocycles. The zero-order valence-electron chi connectivity index (χ0n) is 15.6. The second-order valence-corrected chi connectivity index (χ2v) is 6.61. The number of fused-ring (bicyclic) bond motifs is 1. The van der Waals surface area contributed by atoms with Crippen molar-refractivity contribution in [3.05, 3.63) is 36.0 Å². The number of carbonyl (C=O) groups excluding carboxylic acids is 2. The van der Waals surface area contributed by atoms with Gasteiger partial charge in [0.05, 0.1) is 12.2 Å². The Morgan fingerprint density at radius 2 is 2.04 bits per heavy atom. The smallest absolute Gasteiger partial charge is 0.256 e. The van der Waals surface area contributed by atoms with Crippen LogP contribution in [0.1, 0.15) is 10.4 Å². The molecule has 1 aromatic heterocycles. The highest BCUT2D eigenvalue weighted by molar-refractivity contribution is 6.07. The predicted octanol–water partition coefficient (Wildman–Crippen LogP) is 0.790. The van der Waals surface area contributed by atoms with Crippen LogP contribution < -0.4 is 5.32 Å². The van der Waals surface area contributed by atoms with E-state index in [1.54, 1.807) is 19.1 Å². The van der Waals surface area contributed by atoms with E-state index in [2.05, 4.69) is 9.88 Å². The summed E-state index contributed by atoms with van der Waals surface area (Å²) < 4.78 is 7.23. The number of hydrogen-bond donors (Lipinski definition) is 1. The minimum Gasteiger partial charge on any atom is -0.383 e. The highest BCUT2D eigenvalue weighted by Crippen LogP contribution is 2.24. The second kappa shape index (κ2) is 7.88. The van der Waals surface area contributed by atoms with E-state index in [4.69, 9.17) is 4.74 Å². The lowest BCUT2D eigenvalue weighted by molar-refractivity contribution is -0.127. The molecule has 2 amide bonds. The molecule has 1 atom stereocenters. The van der Waals surface area contributed by atoms with Crippen LogP contribution in [0, 0.1) is 0 Å². The lowest BCUT2D eigenvalue weighted by atomic mass is 10.1. The molecule has 0 spiro atoms. The third kappa shape index (κ3) is 3.45. The molecule has 0 saturated carbocycles. The van der Waals surface area contributed by atoms with Crippen molar-refractivity contribution in [3.63, 3.8) is 0 Å². The summed E-state index contributed by atoms with van der Waals surface area (Å²) >= 11 is 0. The number of hydrogen-bond acceptors (Lipinski definition) is 4. The number of carbonyl (C=O) groups is 2. The summed E-state index contributed by atoms with van der Waals surface area (Å²) in [5.74, 6) is -0.0908. The summed E-state index contributed by atoms with van der Waals surface area (Å²) in [6.45, 7) is 2.95. The number of nitrogens with zero attached hydrogens (tertiary/aromatic N) is 3. The molecule has 2 aromatic rings. The van der Waals surface area contributed by atoms with Crippen molar-refractivity contribution in [2.75, 3.05) is 47.4 Å². The van der Waals surface area contributed by atoms with E-state index in [-0.39, 0.29) is 17.9 Å². The summed E-state index contributed by atoms with van der Waals surface area (Å²) in [6.07, 6.45) is 1.90. The molecule has 3 rings (SSSR count). The van der Waals surface area contributed by atoms with Gasteiger partial charge < -0.3 is 19.5 Å². The van der Waals surface area contributed by atoms with Crippen molar-refractivity contribution in [1.82, 2.24) is 19.7 Å². The van der Waals surface area contributed by atoms with Gasteiger partial charge in [-0.25, -0.2) is 0 Å². The largest absolute Gasteiger partial charge is 0.383 e. The monoisotopic (exact) mass is 358 g/mol. The number of nitrogens with one attached hydrogen (secondary N) is 1. The molecular weight excluding hydrogens is 332 g/mol. The van der Waals surface area contributed by atoms with Gasteiger partial charge in [0.2, 0.25) is 5.91 Å². The SMILES string of the molecule is CNC(=O)[C@H]1CN(C(=O)c2cn(CCOC)c3ccccc23)CCN1C. The topological polar surface area (TPSA) is 66.8 Å². The van der Waals surface area contributed by atoms with Crippen LogP contribution in [0.3, 0.4) is 0 Å². The van der Waals surface area contributed by atoms with Gasteiger partial charge in [-0.3, -0.25) is 14.5 Å². The van der Waals surface area contributed by atoms with Gasteiger partial charge in [0.1, 0.15) is 6.04 Å².